The molecule has 0 radical (unpaired) electrons. The van der Waals surface area contributed by atoms with Crippen LogP contribution in [0.25, 0.3) is 0 Å². The van der Waals surface area contributed by atoms with Gasteiger partial charge in [0.15, 0.2) is 0 Å². The van der Waals surface area contributed by atoms with E-state index in [0.29, 0.717) is 0 Å². The normalized spacial score (nSPS) is 12.8. The van der Waals surface area contributed by atoms with Gasteiger partial charge < -0.3 is 10.8 Å². The van der Waals surface area contributed by atoms with Gasteiger partial charge in [-0.3, -0.25) is 9.59 Å². The second kappa shape index (κ2) is 7.19. The van der Waals surface area contributed by atoms with E-state index in [4.69, 9.17) is 10.8 Å². The van der Waals surface area contributed by atoms with Crippen molar-refractivity contribution in [1.82, 2.24) is 4.72 Å². The largest absolute Gasteiger partial charge is 0.480 e. The first-order chi connectivity index (χ1) is 9.76. The van der Waals surface area contributed by atoms with Gasteiger partial charge in [-0.15, -0.1) is 0 Å². The third-order valence-corrected chi connectivity index (χ3v) is 4.40. The third-order valence-electron chi connectivity index (χ3n) is 2.92. The molecule has 0 fully saturated rings. The van der Waals surface area contributed by atoms with Crippen LogP contribution in [-0.2, 0) is 26.0 Å². The van der Waals surface area contributed by atoms with Gasteiger partial charge >= 0.3 is 5.97 Å². The fourth-order valence-electron chi connectivity index (χ4n) is 1.68. The number of nitrogens with one attached hydrogen (secondary N) is 1. The summed E-state index contributed by atoms with van der Waals surface area (Å²) in [6.07, 6.45) is 0.356. The quantitative estimate of drug-likeness (QED) is 0.634. The van der Waals surface area contributed by atoms with Crippen LogP contribution < -0.4 is 10.5 Å². The molecule has 1 aromatic carbocycles. The molecular formula is C13H18N2O5S. The monoisotopic (exact) mass is 314 g/mol. The number of aryl methyl sites for hydroxylation is 1. The van der Waals surface area contributed by atoms with Crippen molar-refractivity contribution in [3.05, 3.63) is 29.8 Å². The summed E-state index contributed by atoms with van der Waals surface area (Å²) in [6.45, 7) is 1.94. The van der Waals surface area contributed by atoms with Crippen molar-refractivity contribution in [3.8, 4) is 0 Å². The highest BCUT2D eigenvalue weighted by Crippen LogP contribution is 2.12. The number of nitrogens with two attached hydrogens (primary N) is 1. The van der Waals surface area contributed by atoms with E-state index in [9.17, 15) is 18.0 Å². The number of amides is 1. The summed E-state index contributed by atoms with van der Waals surface area (Å²) in [7, 11) is -3.96. The van der Waals surface area contributed by atoms with Gasteiger partial charge in [0, 0.05) is 6.42 Å². The summed E-state index contributed by atoms with van der Waals surface area (Å²) in [6, 6.07) is 4.75. The van der Waals surface area contributed by atoms with E-state index in [-0.39, 0.29) is 17.7 Å². The first kappa shape index (κ1) is 17.1. The van der Waals surface area contributed by atoms with Crippen molar-refractivity contribution in [2.24, 2.45) is 5.73 Å². The van der Waals surface area contributed by atoms with E-state index in [2.05, 4.69) is 4.72 Å². The molecule has 1 unspecified atom stereocenters. The summed E-state index contributed by atoms with van der Waals surface area (Å²) in [5.74, 6) is -2.04. The number of carbonyl (C=O) groups excluding carboxylic acids is 1. The van der Waals surface area contributed by atoms with E-state index in [1.165, 1.54) is 12.1 Å². The van der Waals surface area contributed by atoms with Crippen LogP contribution in [0.5, 0.6) is 0 Å². The molecule has 116 valence electrons. The van der Waals surface area contributed by atoms with Gasteiger partial charge in [-0.25, -0.2) is 8.42 Å². The lowest BCUT2D eigenvalue weighted by molar-refractivity contribution is -0.139. The SMILES string of the molecule is CCc1ccc(S(=O)(=O)NC(CCC(N)=O)C(=O)O)cc1. The molecule has 0 aliphatic rings. The average molecular weight is 314 g/mol. The molecule has 8 heteroatoms. The van der Waals surface area contributed by atoms with Crippen LogP contribution in [0.4, 0.5) is 0 Å². The molecule has 7 nitrogen and oxygen atoms in total. The zero-order valence-corrected chi connectivity index (χ0v) is 12.4. The summed E-state index contributed by atoms with van der Waals surface area (Å²) < 4.78 is 26.3. The van der Waals surface area contributed by atoms with Crippen LogP contribution in [-0.4, -0.2) is 31.4 Å². The predicted octanol–water partition coefficient (Wildman–Crippen LogP) is 0.246. The van der Waals surface area contributed by atoms with Gasteiger partial charge in [-0.2, -0.15) is 4.72 Å². The second-order valence-electron chi connectivity index (χ2n) is 4.51. The lowest BCUT2D eigenvalue weighted by Crippen LogP contribution is -2.41. The van der Waals surface area contributed by atoms with Crippen LogP contribution in [0.15, 0.2) is 29.2 Å². The highest BCUT2D eigenvalue weighted by atomic mass is 32.2. The van der Waals surface area contributed by atoms with E-state index >= 15 is 0 Å². The Labute approximate surface area is 123 Å². The Balaban J connectivity index is 2.89. The molecule has 1 atom stereocenters. The van der Waals surface area contributed by atoms with Gasteiger partial charge in [0.2, 0.25) is 15.9 Å². The highest BCUT2D eigenvalue weighted by molar-refractivity contribution is 7.89. The van der Waals surface area contributed by atoms with Gasteiger partial charge in [-0.05, 0) is 30.5 Å². The topological polar surface area (TPSA) is 127 Å². The molecule has 0 spiro atoms. The first-order valence-corrected chi connectivity index (χ1v) is 7.87. The van der Waals surface area contributed by atoms with Gasteiger partial charge in [0.05, 0.1) is 4.90 Å². The lowest BCUT2D eigenvalue weighted by atomic mass is 10.2. The third kappa shape index (κ3) is 5.16. The number of carboxylic acid groups (broad SMARTS) is 1. The zero-order chi connectivity index (χ0) is 16.0. The molecule has 0 aliphatic carbocycles. The number of hydrogen-bond acceptors (Lipinski definition) is 4. The number of benzene rings is 1. The van der Waals surface area contributed by atoms with Crippen LogP contribution in [0.1, 0.15) is 25.3 Å². The van der Waals surface area contributed by atoms with E-state index < -0.39 is 27.9 Å². The smallest absolute Gasteiger partial charge is 0.321 e. The summed E-state index contributed by atoms with van der Waals surface area (Å²) in [5.41, 5.74) is 5.91. The summed E-state index contributed by atoms with van der Waals surface area (Å²) >= 11 is 0. The molecule has 0 bridgehead atoms. The minimum Gasteiger partial charge on any atom is -0.480 e. The Kier molecular flexibility index (Phi) is 5.86. The number of sulfonamides is 1. The molecule has 4 N–H and O–H groups in total. The van der Waals surface area contributed by atoms with Crippen molar-refractivity contribution < 1.29 is 23.1 Å². The molecule has 1 amide bonds. The lowest BCUT2D eigenvalue weighted by Gasteiger charge is -2.14. The molecular weight excluding hydrogens is 296 g/mol. The van der Waals surface area contributed by atoms with E-state index in [0.717, 1.165) is 12.0 Å². The molecule has 21 heavy (non-hydrogen) atoms. The Morgan fingerprint density at radius 3 is 2.29 bits per heavy atom. The Hall–Kier alpha value is -1.93. The van der Waals surface area contributed by atoms with Gasteiger partial charge in [-0.1, -0.05) is 19.1 Å². The van der Waals surface area contributed by atoms with E-state index in [1.807, 2.05) is 6.92 Å². The van der Waals surface area contributed by atoms with Crippen LogP contribution in [0, 0.1) is 0 Å². The standard InChI is InChI=1S/C13H18N2O5S/c1-2-9-3-5-10(6-4-9)21(19,20)15-11(13(17)18)7-8-12(14)16/h3-6,11,15H,2,7-8H2,1H3,(H2,14,16)(H,17,18). The van der Waals surface area contributed by atoms with Crippen molar-refractivity contribution in [1.29, 1.82) is 0 Å². The van der Waals surface area contributed by atoms with Crippen molar-refractivity contribution in [2.75, 3.05) is 0 Å². The van der Waals surface area contributed by atoms with Crippen LogP contribution >= 0.6 is 0 Å². The van der Waals surface area contributed by atoms with Crippen molar-refractivity contribution in [2.45, 2.75) is 37.1 Å². The minimum atomic E-state index is -3.96. The van der Waals surface area contributed by atoms with E-state index in [1.54, 1.807) is 12.1 Å². The average Bonchev–Trinajstić information content (AvgIpc) is 2.43. The number of carboxylic acids is 1. The van der Waals surface area contributed by atoms with Gasteiger partial charge in [0.25, 0.3) is 0 Å². The maximum Gasteiger partial charge on any atom is 0.321 e. The Morgan fingerprint density at radius 2 is 1.86 bits per heavy atom. The van der Waals surface area contributed by atoms with Crippen LogP contribution in [0.3, 0.4) is 0 Å². The molecule has 1 aromatic rings. The summed E-state index contributed by atoms with van der Waals surface area (Å²) in [5, 5.41) is 9.00. The fraction of sp³-hybridized carbons (Fsp3) is 0.385. The maximum absolute atomic E-state index is 12.1. The Morgan fingerprint density at radius 1 is 1.29 bits per heavy atom. The molecule has 1 rings (SSSR count). The first-order valence-electron chi connectivity index (χ1n) is 6.38. The number of primary amides is 1. The Bertz CT molecular complexity index is 610. The highest BCUT2D eigenvalue weighted by Gasteiger charge is 2.25. The molecule has 0 aromatic heterocycles. The molecule has 0 heterocycles. The van der Waals surface area contributed by atoms with Crippen molar-refractivity contribution in [3.63, 3.8) is 0 Å². The second-order valence-corrected chi connectivity index (χ2v) is 6.23. The predicted molar refractivity (Wildman–Crippen MR) is 76.0 cm³/mol. The number of carbonyl (C=O) groups is 2. The number of aliphatic carboxylic acids is 1. The van der Waals surface area contributed by atoms with Crippen LogP contribution in [0.2, 0.25) is 0 Å². The number of hydrogen-bond donors (Lipinski definition) is 3. The van der Waals surface area contributed by atoms with Gasteiger partial charge in [0.1, 0.15) is 6.04 Å². The maximum atomic E-state index is 12.1. The molecule has 0 aliphatic heterocycles. The minimum absolute atomic E-state index is 0.0231. The molecule has 0 saturated carbocycles. The fourth-order valence-corrected chi connectivity index (χ4v) is 2.90. The molecule has 0 saturated heterocycles. The van der Waals surface area contributed by atoms with Crippen molar-refractivity contribution >= 4 is 21.9 Å². The summed E-state index contributed by atoms with van der Waals surface area (Å²) in [4.78, 5) is 21.7. The number of rotatable bonds is 8. The zero-order valence-electron chi connectivity index (χ0n) is 11.6.